The molecule has 0 aliphatic carbocycles. The molecule has 0 radical (unpaired) electrons. The Bertz CT molecular complexity index is 1130. The average Bonchev–Trinajstić information content (AvgIpc) is 2.86. The van der Waals surface area contributed by atoms with Crippen LogP contribution in [-0.2, 0) is 4.74 Å². The number of nitrogens with zero attached hydrogens (tertiary/aromatic N) is 5. The van der Waals surface area contributed by atoms with Gasteiger partial charge < -0.3 is 24.8 Å². The van der Waals surface area contributed by atoms with E-state index < -0.39 is 6.17 Å². The molecule has 2 aliphatic heterocycles. The molecule has 1 aromatic carbocycles. The Morgan fingerprint density at radius 3 is 2.79 bits per heavy atom. The molecule has 2 saturated heterocycles. The van der Waals surface area contributed by atoms with Crippen molar-refractivity contribution in [2.75, 3.05) is 32.3 Å². The number of fused-ring (bicyclic) bond motifs is 2. The minimum absolute atomic E-state index is 0.0636. The highest BCUT2D eigenvalue weighted by molar-refractivity contribution is 5.74. The summed E-state index contributed by atoms with van der Waals surface area (Å²) in [6, 6.07) is 6.55. The number of aromatic hydroxyl groups is 1. The van der Waals surface area contributed by atoms with Crippen molar-refractivity contribution in [3.63, 3.8) is 0 Å². The van der Waals surface area contributed by atoms with Crippen molar-refractivity contribution in [3.8, 4) is 34.0 Å². The number of ether oxygens (including phenoxy) is 2. The molecule has 2 aromatic heterocycles. The van der Waals surface area contributed by atoms with Gasteiger partial charge in [-0.25, -0.2) is 9.37 Å². The maximum absolute atomic E-state index is 15.0. The molecule has 3 aromatic rings. The zero-order chi connectivity index (χ0) is 22.9. The van der Waals surface area contributed by atoms with Crippen LogP contribution in [0.5, 0.6) is 11.6 Å². The molecule has 0 saturated carbocycles. The highest BCUT2D eigenvalue weighted by atomic mass is 19.1. The van der Waals surface area contributed by atoms with Gasteiger partial charge in [0, 0.05) is 30.3 Å². The molecule has 2 aliphatic rings. The van der Waals surface area contributed by atoms with Gasteiger partial charge in [-0.15, -0.1) is 5.10 Å². The topological polar surface area (TPSA) is 106 Å². The smallest absolute Gasteiger partial charge is 0.233 e. The van der Waals surface area contributed by atoms with Crippen molar-refractivity contribution in [3.05, 3.63) is 42.9 Å². The summed E-state index contributed by atoms with van der Waals surface area (Å²) < 4.78 is 25.6. The molecule has 0 amide bonds. The first kappa shape index (κ1) is 21.5. The third kappa shape index (κ3) is 4.19. The maximum Gasteiger partial charge on any atom is 0.233 e. The SMILES string of the molecule is COc1cc(-c2ccc(-c3cnc(N(C)[C@H]4CC5COCC(N5)[C@H]4F)cn3)c(O)c2)cnn1. The lowest BCUT2D eigenvalue weighted by molar-refractivity contribution is -0.0175. The molecule has 4 atom stereocenters. The number of alkyl halides is 1. The van der Waals surface area contributed by atoms with E-state index in [2.05, 4.69) is 25.5 Å². The molecule has 2 N–H and O–H groups in total. The lowest BCUT2D eigenvalue weighted by Crippen LogP contribution is -2.65. The molecule has 9 nitrogen and oxygen atoms in total. The van der Waals surface area contributed by atoms with Gasteiger partial charge in [0.05, 0.1) is 56.7 Å². The van der Waals surface area contributed by atoms with Gasteiger partial charge >= 0.3 is 0 Å². The highest BCUT2D eigenvalue weighted by Gasteiger charge is 2.42. The molecule has 33 heavy (non-hydrogen) atoms. The molecule has 2 unspecified atom stereocenters. The number of morpholine rings is 1. The minimum atomic E-state index is -1.06. The standard InChI is InChI=1S/C23H25FN6O3/c1-30(19-7-15-11-33-12-18(28-15)23(19)24)21-10-25-17(9-26-21)16-4-3-13(5-20(16)31)14-6-22(32-2)29-27-8-14/h3-6,8-10,15,18-19,23,28,31H,7,11-12H2,1-2H3/t15?,18?,19-,23+/m0/s1. The van der Waals surface area contributed by atoms with Crippen LogP contribution in [0.15, 0.2) is 42.9 Å². The van der Waals surface area contributed by atoms with Crippen LogP contribution in [0.1, 0.15) is 6.42 Å². The van der Waals surface area contributed by atoms with E-state index in [1.165, 1.54) is 7.11 Å². The van der Waals surface area contributed by atoms with Crippen molar-refractivity contribution >= 4 is 5.82 Å². The molecular formula is C23H25FN6O3. The number of phenolic OH excluding ortho intramolecular Hbond substituents is 1. The van der Waals surface area contributed by atoms with Gasteiger partial charge in [-0.1, -0.05) is 6.07 Å². The van der Waals surface area contributed by atoms with Crippen molar-refractivity contribution < 1.29 is 19.0 Å². The summed E-state index contributed by atoms with van der Waals surface area (Å²) >= 11 is 0. The van der Waals surface area contributed by atoms with Crippen molar-refractivity contribution in [1.29, 1.82) is 0 Å². The van der Waals surface area contributed by atoms with Gasteiger partial charge in [0.1, 0.15) is 17.7 Å². The van der Waals surface area contributed by atoms with Crippen LogP contribution in [0, 0.1) is 0 Å². The maximum atomic E-state index is 15.0. The van der Waals surface area contributed by atoms with Crippen molar-refractivity contribution in [2.24, 2.45) is 0 Å². The molecule has 2 bridgehead atoms. The third-order valence-electron chi connectivity index (χ3n) is 6.29. The van der Waals surface area contributed by atoms with E-state index in [1.807, 2.05) is 18.0 Å². The van der Waals surface area contributed by atoms with Gasteiger partial charge in [-0.05, 0) is 24.1 Å². The lowest BCUT2D eigenvalue weighted by atomic mass is 9.90. The van der Waals surface area contributed by atoms with Crippen molar-refractivity contribution in [1.82, 2.24) is 25.5 Å². The summed E-state index contributed by atoms with van der Waals surface area (Å²) in [5.41, 5.74) is 2.60. The van der Waals surface area contributed by atoms with Gasteiger partial charge in [-0.3, -0.25) is 4.98 Å². The second-order valence-corrected chi connectivity index (χ2v) is 8.34. The summed E-state index contributed by atoms with van der Waals surface area (Å²) in [7, 11) is 3.36. The fourth-order valence-electron chi connectivity index (χ4n) is 4.46. The summed E-state index contributed by atoms with van der Waals surface area (Å²) in [6.07, 6.45) is 4.37. The van der Waals surface area contributed by atoms with E-state index >= 15 is 0 Å². The molecule has 10 heteroatoms. The first-order valence-electron chi connectivity index (χ1n) is 10.8. The first-order chi connectivity index (χ1) is 16.0. The summed E-state index contributed by atoms with van der Waals surface area (Å²) in [6.45, 7) is 0.972. The van der Waals surface area contributed by atoms with Crippen LogP contribution >= 0.6 is 0 Å². The number of nitrogens with one attached hydrogen (secondary N) is 1. The second kappa shape index (κ2) is 8.87. The van der Waals surface area contributed by atoms with Crippen molar-refractivity contribution in [2.45, 2.75) is 30.7 Å². The Kier molecular flexibility index (Phi) is 5.77. The van der Waals surface area contributed by atoms with E-state index in [1.54, 1.807) is 36.8 Å². The Morgan fingerprint density at radius 2 is 2.03 bits per heavy atom. The predicted molar refractivity (Wildman–Crippen MR) is 120 cm³/mol. The Balaban J connectivity index is 1.35. The largest absolute Gasteiger partial charge is 0.507 e. The first-order valence-corrected chi connectivity index (χ1v) is 10.8. The van der Waals surface area contributed by atoms with Gasteiger partial charge in [0.15, 0.2) is 0 Å². The number of rotatable bonds is 5. The predicted octanol–water partition coefficient (Wildman–Crippen LogP) is 2.22. The third-order valence-corrected chi connectivity index (χ3v) is 6.29. The van der Waals surface area contributed by atoms with Crippen LogP contribution in [-0.4, -0.2) is 76.9 Å². The minimum Gasteiger partial charge on any atom is -0.507 e. The number of piperidine rings is 1. The number of halogens is 1. The van der Waals surface area contributed by atoms with Gasteiger partial charge in [0.25, 0.3) is 0 Å². The number of anilines is 1. The van der Waals surface area contributed by atoms with Crippen LogP contribution in [0.2, 0.25) is 0 Å². The van der Waals surface area contributed by atoms with Crippen LogP contribution in [0.25, 0.3) is 22.4 Å². The molecular weight excluding hydrogens is 427 g/mol. The van der Waals surface area contributed by atoms with Crippen LogP contribution in [0.3, 0.4) is 0 Å². The fourth-order valence-corrected chi connectivity index (χ4v) is 4.46. The quantitative estimate of drug-likeness (QED) is 0.603. The normalized spacial score (nSPS) is 24.3. The Labute approximate surface area is 190 Å². The second-order valence-electron chi connectivity index (χ2n) is 8.34. The number of hydrogen-bond donors (Lipinski definition) is 2. The molecule has 172 valence electrons. The molecule has 0 spiro atoms. The summed E-state index contributed by atoms with van der Waals surface area (Å²) in [4.78, 5) is 10.8. The van der Waals surface area contributed by atoms with Crippen LogP contribution in [0.4, 0.5) is 10.2 Å². The summed E-state index contributed by atoms with van der Waals surface area (Å²) in [5.74, 6) is 1.04. The van der Waals surface area contributed by atoms with E-state index in [9.17, 15) is 9.50 Å². The summed E-state index contributed by atoms with van der Waals surface area (Å²) in [5, 5.41) is 21.7. The van der Waals surface area contributed by atoms with Crippen LogP contribution < -0.4 is 15.0 Å². The van der Waals surface area contributed by atoms with Gasteiger partial charge in [0.2, 0.25) is 5.88 Å². The number of aromatic nitrogens is 4. The molecule has 5 rings (SSSR count). The lowest BCUT2D eigenvalue weighted by Gasteiger charge is -2.45. The van der Waals surface area contributed by atoms with E-state index in [4.69, 9.17) is 9.47 Å². The zero-order valence-electron chi connectivity index (χ0n) is 18.3. The fraction of sp³-hybridized carbons (Fsp3) is 0.391. The Hall–Kier alpha value is -3.37. The monoisotopic (exact) mass is 452 g/mol. The van der Waals surface area contributed by atoms with Gasteiger partial charge in [-0.2, -0.15) is 5.10 Å². The average molecular weight is 452 g/mol. The number of methoxy groups -OCH3 is 1. The number of phenols is 1. The highest BCUT2D eigenvalue weighted by Crippen LogP contribution is 2.33. The van der Waals surface area contributed by atoms with E-state index in [0.29, 0.717) is 42.6 Å². The zero-order valence-corrected chi connectivity index (χ0v) is 18.3. The Morgan fingerprint density at radius 1 is 1.15 bits per heavy atom. The van der Waals surface area contributed by atoms with E-state index in [0.717, 1.165) is 11.1 Å². The number of benzene rings is 1. The molecule has 4 heterocycles. The number of hydrogen-bond acceptors (Lipinski definition) is 9. The molecule has 2 fully saturated rings. The van der Waals surface area contributed by atoms with E-state index in [-0.39, 0.29) is 23.9 Å².